The summed E-state index contributed by atoms with van der Waals surface area (Å²) in [6.07, 6.45) is 23.7. The molecule has 1 fully saturated rings. The third-order valence-corrected chi connectivity index (χ3v) is 19.8. The number of benzene rings is 8. The minimum absolute atomic E-state index is 0. The first-order valence-corrected chi connectivity index (χ1v) is 36.8. The van der Waals surface area contributed by atoms with E-state index in [1.807, 2.05) is 67.3 Å². The Kier molecular flexibility index (Phi) is 28.6. The monoisotopic (exact) mass is 1930 g/mol. The van der Waals surface area contributed by atoms with Crippen LogP contribution in [-0.2, 0) is 21.0 Å². The summed E-state index contributed by atoms with van der Waals surface area (Å²) >= 11 is 0. The molecule has 8 aromatic carbocycles. The Labute approximate surface area is 699 Å². The number of ether oxygens (including phenoxy) is 1. The quantitative estimate of drug-likeness (QED) is 0.115. The van der Waals surface area contributed by atoms with Crippen molar-refractivity contribution in [3.8, 4) is 23.0 Å². The summed E-state index contributed by atoms with van der Waals surface area (Å²) in [5.41, 5.74) is 9.94. The van der Waals surface area contributed by atoms with Crippen molar-refractivity contribution >= 4 is 105 Å². The van der Waals surface area contributed by atoms with Crippen LogP contribution in [0.1, 0.15) is 112 Å². The molecule has 0 spiro atoms. The first kappa shape index (κ1) is 82.3. The van der Waals surface area contributed by atoms with Crippen molar-refractivity contribution < 1.29 is 106 Å². The van der Waals surface area contributed by atoms with Crippen molar-refractivity contribution in [3.63, 3.8) is 0 Å². The predicted octanol–water partition coefficient (Wildman–Crippen LogP) is 16.4. The van der Waals surface area contributed by atoms with E-state index >= 15 is 0 Å². The minimum atomic E-state index is -2.74. The van der Waals surface area contributed by atoms with Gasteiger partial charge in [0.05, 0.1) is 22.7 Å². The summed E-state index contributed by atoms with van der Waals surface area (Å²) < 4.78 is 26.5. The van der Waals surface area contributed by atoms with E-state index in [2.05, 4.69) is 183 Å². The number of aromatic nitrogens is 7. The molecule has 0 amide bonds. The maximum atomic E-state index is 12.3. The SMILES string of the molecule is C1CCOC1.CCC1(CC)c2ccc([n-]2)C=Nc2cccc3cc4cccc(c4cc23)N=Cc2ccc([n-]2)C(CC)(CC)c2ccc([n-]2)C=Nc2cccc3cc4cccc(c4cc23)N=Cc2ccc1[n-]2.[O-2].[O-]B1Oc2ccccc2O1.[O-][B-]1([n+]2ccccc2)Oc2ccccc2O1.[U+4].[U+4].c1ccncc1.c1ccncc1. The van der Waals surface area contributed by atoms with Gasteiger partial charge in [0.25, 0.3) is 0 Å². The molecule has 4 aliphatic rings. The van der Waals surface area contributed by atoms with Crippen LogP contribution in [0.25, 0.3) is 43.1 Å². The molecule has 112 heavy (non-hydrogen) atoms. The Morgan fingerprint density at radius 2 is 0.696 bits per heavy atom. The molecule has 7 aromatic heterocycles. The number of pyridine rings is 3. The second-order valence-electron chi connectivity index (χ2n) is 26.3. The molecule has 0 radical (unpaired) electrons. The van der Waals surface area contributed by atoms with Gasteiger partial charge in [-0.15, -0.1) is 22.8 Å². The predicted molar refractivity (Wildman–Crippen MR) is 432 cm³/mol. The number of fused-ring (bicyclic) bond motifs is 10. The number of nitrogens with zero attached hydrogens (tertiary/aromatic N) is 11. The fourth-order valence-corrected chi connectivity index (χ4v) is 13.9. The largest absolute Gasteiger partial charge is 4.00 e. The van der Waals surface area contributed by atoms with Crippen LogP contribution in [0.2, 0.25) is 0 Å². The van der Waals surface area contributed by atoms with Crippen molar-refractivity contribution in [2.45, 2.75) is 77.0 Å². The second kappa shape index (κ2) is 39.0. The fraction of sp³-hybridized carbons (Fsp3) is 0.157. The molecular weight excluding hydrogens is 1850 g/mol. The molecule has 0 saturated carbocycles. The Balaban J connectivity index is 0.000000214. The zero-order valence-electron chi connectivity index (χ0n) is 62.4. The molecule has 552 valence electrons. The normalized spacial score (nSPS) is 14.1. The maximum absolute atomic E-state index is 12.3. The van der Waals surface area contributed by atoms with Crippen molar-refractivity contribution in [3.05, 3.63) is 331 Å². The van der Waals surface area contributed by atoms with Crippen LogP contribution >= 0.6 is 0 Å². The van der Waals surface area contributed by atoms with E-state index in [1.165, 1.54) is 17.3 Å². The van der Waals surface area contributed by atoms with E-state index < -0.39 is 14.2 Å². The summed E-state index contributed by atoms with van der Waals surface area (Å²) in [6, 6.07) is 81.5. The molecule has 1 saturated heterocycles. The summed E-state index contributed by atoms with van der Waals surface area (Å²) in [5.74, 6) is 2.05. The Bertz CT molecular complexity index is 5070. The minimum Gasteiger partial charge on any atom is -2.00 e. The average molecular weight is 1930 g/mol. The van der Waals surface area contributed by atoms with Crippen LogP contribution < -0.4 is 53.1 Å². The smallest absolute Gasteiger partial charge is 2.00 e. The molecule has 0 unspecified atom stereocenters. The summed E-state index contributed by atoms with van der Waals surface area (Å²) in [6.45, 7) is 8.11. The van der Waals surface area contributed by atoms with Crippen LogP contribution in [-0.4, -0.2) is 62.3 Å². The first-order chi connectivity index (χ1) is 53.5. The molecule has 23 heteroatoms. The maximum Gasteiger partial charge on any atom is 4.00 e. The fourth-order valence-electron chi connectivity index (χ4n) is 13.9. The van der Waals surface area contributed by atoms with Gasteiger partial charge < -0.3 is 63.3 Å². The van der Waals surface area contributed by atoms with Gasteiger partial charge in [0.2, 0.25) is 0 Å². The number of para-hydroxylation sites is 4. The van der Waals surface area contributed by atoms with Crippen LogP contribution in [0.4, 0.5) is 22.7 Å². The molecule has 0 atom stereocenters. The third kappa shape index (κ3) is 19.1. The number of rotatable bonds is 5. The zero-order valence-corrected chi connectivity index (χ0v) is 70.8. The standard InChI is InChI=1S/C58H48N8.C11H9BNO3.C6H4BO3.2C5H5N.C4H8O.O.2U/c1-5-57(6-2)53-25-21-41(63-53)33-59-49-17-9-13-37-29-39-15-11-19-51(47(39)31-45(37)49)61-35-43-23-27-55(65-43)58(7-3,8-4)56-28-24-44(66-56)36-62-52-20-12-16-40-30-38-14-10-18-50(46(38)32-48(40)52)60-34-42-22-26-54(57)64-42;14-12(13-8-4-1-5-9-13)15-10-6-2-3-7-11(10)16-12;8-7-9-5-3-1-2-4-6(5)10-7;2*1-2-4-6-5-3-1;1-2-4-5-3-1;;;/h9-36H,5-8H2,1-4H3;1-9H;1-4H;2*1-5H;1-4H2;;;/q-4;2*-1;;;;-2;2*+4. The van der Waals surface area contributed by atoms with E-state index in [0.29, 0.717) is 23.0 Å². The molecule has 19 nitrogen and oxygen atoms in total. The van der Waals surface area contributed by atoms with Gasteiger partial charge in [-0.05, 0) is 180 Å². The van der Waals surface area contributed by atoms with Crippen LogP contribution in [0.15, 0.2) is 306 Å². The average Bonchev–Trinajstić information content (AvgIpc) is 1.74. The van der Waals surface area contributed by atoms with Crippen molar-refractivity contribution in [2.24, 2.45) is 20.0 Å². The number of hydrogen-bond donors (Lipinski definition) is 0. The van der Waals surface area contributed by atoms with Crippen molar-refractivity contribution in [1.29, 1.82) is 0 Å². The topological polar surface area (TPSA) is 256 Å². The number of aliphatic imine (C=N–C) groups is 4. The molecule has 19 rings (SSSR count). The van der Waals surface area contributed by atoms with Gasteiger partial charge in [-0.25, -0.2) is 0 Å². The van der Waals surface area contributed by atoms with E-state index in [9.17, 15) is 10.0 Å². The van der Waals surface area contributed by atoms with E-state index in [1.54, 1.807) is 97.8 Å². The van der Waals surface area contributed by atoms with Gasteiger partial charge in [0, 0.05) is 84.4 Å². The Hall–Kier alpha value is -10.7. The van der Waals surface area contributed by atoms with Crippen LogP contribution in [0.3, 0.4) is 0 Å². The molecule has 0 N–H and O–H groups in total. The number of hydrogen-bond acceptors (Lipinski definition) is 13. The molecule has 15 aromatic rings. The Morgan fingerprint density at radius 1 is 0.384 bits per heavy atom. The summed E-state index contributed by atoms with van der Waals surface area (Å²) in [7, 11) is -1.38. The molecule has 11 heterocycles. The summed E-state index contributed by atoms with van der Waals surface area (Å²) in [5, 5.41) is 31.5. The van der Waals surface area contributed by atoms with Crippen molar-refractivity contribution in [1.82, 2.24) is 29.9 Å². The van der Waals surface area contributed by atoms with Gasteiger partial charge >= 0.3 is 76.4 Å². The summed E-state index contributed by atoms with van der Waals surface area (Å²) in [4.78, 5) is 48.4. The first-order valence-electron chi connectivity index (χ1n) is 36.8. The zero-order chi connectivity index (χ0) is 74.8. The van der Waals surface area contributed by atoms with Gasteiger partial charge in [-0.3, -0.25) is 29.9 Å². The molecule has 4 aliphatic heterocycles. The van der Waals surface area contributed by atoms with E-state index in [0.717, 1.165) is 150 Å². The molecule has 12 bridgehead atoms. The van der Waals surface area contributed by atoms with Crippen molar-refractivity contribution in [2.75, 3.05) is 13.2 Å². The van der Waals surface area contributed by atoms with Gasteiger partial charge in [-0.2, -0.15) is 22.8 Å². The second-order valence-corrected chi connectivity index (χ2v) is 26.3. The van der Waals surface area contributed by atoms with E-state index in [-0.39, 0.29) is 78.5 Å². The van der Waals surface area contributed by atoms with Gasteiger partial charge in [-0.1, -0.05) is 167 Å². The molecule has 0 aliphatic carbocycles. The Morgan fingerprint density at radius 3 is 0.973 bits per heavy atom. The molecular formula is C89H79B2N11O8U2. The van der Waals surface area contributed by atoms with Crippen LogP contribution in [0.5, 0.6) is 23.0 Å². The van der Waals surface area contributed by atoms with Crippen LogP contribution in [0, 0.1) is 62.2 Å². The van der Waals surface area contributed by atoms with Gasteiger partial charge in [0.15, 0.2) is 0 Å². The third-order valence-electron chi connectivity index (χ3n) is 19.8. The van der Waals surface area contributed by atoms with Gasteiger partial charge in [0.1, 0.15) is 35.4 Å². The van der Waals surface area contributed by atoms with E-state index in [4.69, 9.17) is 63.3 Å².